The van der Waals surface area contributed by atoms with Gasteiger partial charge in [0.25, 0.3) is 0 Å². The molecule has 0 saturated carbocycles. The van der Waals surface area contributed by atoms with Crippen molar-refractivity contribution in [3.05, 3.63) is 29.8 Å². The number of rotatable bonds is 6. The van der Waals surface area contributed by atoms with Crippen LogP contribution in [0.25, 0.3) is 0 Å². The van der Waals surface area contributed by atoms with Gasteiger partial charge in [-0.15, -0.1) is 0 Å². The first-order valence-corrected chi connectivity index (χ1v) is 10.4. The first-order valence-electron chi connectivity index (χ1n) is 10.4. The normalized spacial score (nSPS) is 20.8. The first-order chi connectivity index (χ1) is 13.7. The Hall–Kier alpha value is -2.28. The van der Waals surface area contributed by atoms with E-state index in [4.69, 9.17) is 9.73 Å². The average Bonchev–Trinajstić information content (AvgIpc) is 2.73. The van der Waals surface area contributed by atoms with Crippen LogP contribution < -0.4 is 20.7 Å². The topological polar surface area (TPSA) is 78.0 Å². The van der Waals surface area contributed by atoms with E-state index in [0.717, 1.165) is 63.8 Å². The van der Waals surface area contributed by atoms with Gasteiger partial charge in [-0.2, -0.15) is 0 Å². The molecule has 0 spiro atoms. The number of likely N-dealkylation sites (N-methyl/N-ethyl adjacent to an activating group) is 1. The van der Waals surface area contributed by atoms with Crippen LogP contribution in [0, 0.1) is 0 Å². The largest absolute Gasteiger partial charge is 0.493 e. The summed E-state index contributed by atoms with van der Waals surface area (Å²) < 4.78 is 5.76. The third kappa shape index (κ3) is 5.61. The molecule has 3 rings (SSSR count). The van der Waals surface area contributed by atoms with Gasteiger partial charge in [-0.3, -0.25) is 14.7 Å². The zero-order chi connectivity index (χ0) is 19.8. The summed E-state index contributed by atoms with van der Waals surface area (Å²) >= 11 is 0. The Morgan fingerprint density at radius 1 is 1.25 bits per heavy atom. The molecule has 1 unspecified atom stereocenters. The average molecular weight is 388 g/mol. The zero-order valence-electron chi connectivity index (χ0n) is 17.0. The lowest BCUT2D eigenvalue weighted by Gasteiger charge is -2.32. The zero-order valence-corrected chi connectivity index (χ0v) is 17.0. The van der Waals surface area contributed by atoms with Crippen molar-refractivity contribution in [3.63, 3.8) is 0 Å². The fraction of sp³-hybridized carbons (Fsp3) is 0.619. The Morgan fingerprint density at radius 3 is 2.79 bits per heavy atom. The van der Waals surface area contributed by atoms with Crippen molar-refractivity contribution in [2.24, 2.45) is 4.99 Å². The molecule has 1 aromatic rings. The van der Waals surface area contributed by atoms with E-state index in [1.54, 1.807) is 7.05 Å². The van der Waals surface area contributed by atoms with Gasteiger partial charge >= 0.3 is 0 Å². The van der Waals surface area contributed by atoms with Gasteiger partial charge < -0.3 is 20.7 Å². The number of aliphatic imine (C=N–C) groups is 1. The maximum Gasteiger partial charge on any atom is 0.233 e. The number of ether oxygens (including phenoxy) is 1. The van der Waals surface area contributed by atoms with Gasteiger partial charge in [0.15, 0.2) is 5.96 Å². The molecular weight excluding hydrogens is 354 g/mol. The van der Waals surface area contributed by atoms with E-state index in [1.807, 2.05) is 12.1 Å². The summed E-state index contributed by atoms with van der Waals surface area (Å²) in [4.78, 5) is 18.6. The molecule has 0 aromatic heterocycles. The van der Waals surface area contributed by atoms with Crippen LogP contribution in [0.3, 0.4) is 0 Å². The minimum absolute atomic E-state index is 0.0815. The van der Waals surface area contributed by atoms with Gasteiger partial charge in [-0.1, -0.05) is 18.2 Å². The highest BCUT2D eigenvalue weighted by Gasteiger charge is 2.23. The van der Waals surface area contributed by atoms with E-state index < -0.39 is 0 Å². The summed E-state index contributed by atoms with van der Waals surface area (Å²) in [5.74, 6) is 2.36. The summed E-state index contributed by atoms with van der Waals surface area (Å²) in [6.07, 6.45) is 3.03. The van der Waals surface area contributed by atoms with E-state index in [1.165, 1.54) is 5.56 Å². The number of amides is 1. The summed E-state index contributed by atoms with van der Waals surface area (Å²) in [6, 6.07) is 8.67. The standard InChI is InChI=1S/C21H33N5O2/c1-3-23-21(25-17-8-11-26(12-9-17)15-20(27)22-2)24-14-16-10-13-28-19-7-5-4-6-18(16)19/h4-7,16-17H,3,8-15H2,1-2H3,(H,22,27)(H2,23,24,25). The van der Waals surface area contributed by atoms with Crippen LogP contribution in [0.1, 0.15) is 37.7 Å². The molecule has 154 valence electrons. The van der Waals surface area contributed by atoms with E-state index >= 15 is 0 Å². The van der Waals surface area contributed by atoms with Crippen LogP contribution >= 0.6 is 0 Å². The van der Waals surface area contributed by atoms with E-state index in [-0.39, 0.29) is 5.91 Å². The van der Waals surface area contributed by atoms with Crippen molar-refractivity contribution >= 4 is 11.9 Å². The van der Waals surface area contributed by atoms with Crippen molar-refractivity contribution < 1.29 is 9.53 Å². The Balaban J connectivity index is 1.54. The number of piperidine rings is 1. The van der Waals surface area contributed by atoms with Crippen molar-refractivity contribution in [1.82, 2.24) is 20.9 Å². The number of hydrogen-bond donors (Lipinski definition) is 3. The van der Waals surface area contributed by atoms with Gasteiger partial charge in [0.1, 0.15) is 5.75 Å². The number of nitrogens with zero attached hydrogens (tertiary/aromatic N) is 2. The second kappa shape index (κ2) is 10.3. The molecule has 1 amide bonds. The number of guanidine groups is 1. The number of nitrogens with one attached hydrogen (secondary N) is 3. The van der Waals surface area contributed by atoms with Gasteiger partial charge in [0.05, 0.1) is 13.2 Å². The summed E-state index contributed by atoms with van der Waals surface area (Å²) in [7, 11) is 1.69. The smallest absolute Gasteiger partial charge is 0.233 e. The molecular formula is C21H33N5O2. The molecule has 3 N–H and O–H groups in total. The predicted molar refractivity (Wildman–Crippen MR) is 112 cm³/mol. The molecule has 1 atom stereocenters. The molecule has 1 aromatic carbocycles. The Bertz CT molecular complexity index is 671. The fourth-order valence-electron chi connectivity index (χ4n) is 3.84. The number of para-hydroxylation sites is 1. The molecule has 2 aliphatic rings. The molecule has 0 aliphatic carbocycles. The lowest BCUT2D eigenvalue weighted by molar-refractivity contribution is -0.122. The number of fused-ring (bicyclic) bond motifs is 1. The Labute approximate surface area is 167 Å². The van der Waals surface area contributed by atoms with Crippen LogP contribution in [0.15, 0.2) is 29.3 Å². The minimum Gasteiger partial charge on any atom is -0.493 e. The molecule has 7 heteroatoms. The Morgan fingerprint density at radius 2 is 2.04 bits per heavy atom. The molecule has 1 saturated heterocycles. The van der Waals surface area contributed by atoms with Crippen LogP contribution in [-0.4, -0.2) is 69.2 Å². The maximum atomic E-state index is 11.5. The van der Waals surface area contributed by atoms with Crippen LogP contribution in [0.2, 0.25) is 0 Å². The number of likely N-dealkylation sites (tertiary alicyclic amines) is 1. The predicted octanol–water partition coefficient (Wildman–Crippen LogP) is 1.32. The lowest BCUT2D eigenvalue weighted by Crippen LogP contribution is -2.50. The molecule has 2 heterocycles. The molecule has 28 heavy (non-hydrogen) atoms. The Kier molecular flexibility index (Phi) is 7.54. The second-order valence-electron chi connectivity index (χ2n) is 7.46. The third-order valence-electron chi connectivity index (χ3n) is 5.47. The summed E-state index contributed by atoms with van der Waals surface area (Å²) in [5.41, 5.74) is 1.26. The summed E-state index contributed by atoms with van der Waals surface area (Å²) in [5, 5.41) is 9.66. The number of benzene rings is 1. The molecule has 2 aliphatic heterocycles. The quantitative estimate of drug-likeness (QED) is 0.507. The lowest BCUT2D eigenvalue weighted by atomic mass is 9.93. The van der Waals surface area contributed by atoms with Gasteiger partial charge in [-0.25, -0.2) is 0 Å². The van der Waals surface area contributed by atoms with Crippen molar-refractivity contribution in [2.45, 2.75) is 38.1 Å². The van der Waals surface area contributed by atoms with Gasteiger partial charge in [0.2, 0.25) is 5.91 Å². The van der Waals surface area contributed by atoms with Crippen LogP contribution in [0.4, 0.5) is 0 Å². The molecule has 1 fully saturated rings. The maximum absolute atomic E-state index is 11.5. The van der Waals surface area contributed by atoms with Gasteiger partial charge in [-0.05, 0) is 37.8 Å². The van der Waals surface area contributed by atoms with Crippen LogP contribution in [0.5, 0.6) is 5.75 Å². The SMILES string of the molecule is CCNC(=NCC1CCOc2ccccc21)NC1CCN(CC(=O)NC)CC1. The monoisotopic (exact) mass is 387 g/mol. The van der Waals surface area contributed by atoms with Crippen molar-refractivity contribution in [1.29, 1.82) is 0 Å². The fourth-order valence-corrected chi connectivity index (χ4v) is 3.84. The number of carbonyl (C=O) groups is 1. The first kappa shape index (κ1) is 20.5. The van der Waals surface area contributed by atoms with E-state index in [9.17, 15) is 4.79 Å². The highest BCUT2D eigenvalue weighted by atomic mass is 16.5. The minimum atomic E-state index is 0.0815. The number of carbonyl (C=O) groups excluding carboxylic acids is 1. The third-order valence-corrected chi connectivity index (χ3v) is 5.47. The highest BCUT2D eigenvalue weighted by molar-refractivity contribution is 5.80. The van der Waals surface area contributed by atoms with Gasteiger partial charge in [0, 0.05) is 45.2 Å². The molecule has 0 radical (unpaired) electrons. The summed E-state index contributed by atoms with van der Waals surface area (Å²) in [6.45, 7) is 6.78. The molecule has 0 bridgehead atoms. The van der Waals surface area contributed by atoms with Crippen molar-refractivity contribution in [2.75, 3.05) is 46.4 Å². The number of hydrogen-bond acceptors (Lipinski definition) is 4. The van der Waals surface area contributed by atoms with E-state index in [0.29, 0.717) is 18.5 Å². The molecule has 7 nitrogen and oxygen atoms in total. The highest BCUT2D eigenvalue weighted by Crippen LogP contribution is 2.33. The van der Waals surface area contributed by atoms with Crippen molar-refractivity contribution in [3.8, 4) is 5.75 Å². The second-order valence-corrected chi connectivity index (χ2v) is 7.46. The van der Waals surface area contributed by atoms with Crippen LogP contribution in [-0.2, 0) is 4.79 Å². The van der Waals surface area contributed by atoms with E-state index in [2.05, 4.69) is 39.9 Å².